The number of imidazole rings is 1. The first kappa shape index (κ1) is 25.7. The van der Waals surface area contributed by atoms with Crippen LogP contribution in [-0.2, 0) is 10.3 Å². The van der Waals surface area contributed by atoms with Gasteiger partial charge in [-0.3, -0.25) is 4.98 Å². The first-order valence-electron chi connectivity index (χ1n) is 12.5. The van der Waals surface area contributed by atoms with Gasteiger partial charge in [-0.1, -0.05) is 17.2 Å². The summed E-state index contributed by atoms with van der Waals surface area (Å²) in [7, 11) is 0. The van der Waals surface area contributed by atoms with Gasteiger partial charge in [0, 0.05) is 18.0 Å². The van der Waals surface area contributed by atoms with E-state index in [0.29, 0.717) is 11.5 Å². The van der Waals surface area contributed by atoms with Gasteiger partial charge in [0.15, 0.2) is 0 Å². The van der Waals surface area contributed by atoms with Crippen LogP contribution < -0.4 is 24.6 Å². The van der Waals surface area contributed by atoms with Crippen molar-refractivity contribution < 1.29 is 23.7 Å². The fourth-order valence-corrected chi connectivity index (χ4v) is 5.95. The van der Waals surface area contributed by atoms with Crippen molar-refractivity contribution in [1.82, 2.24) is 19.5 Å². The average Bonchev–Trinajstić information content (AvgIpc) is 3.51. The van der Waals surface area contributed by atoms with Crippen LogP contribution in [-0.4, -0.2) is 25.8 Å². The van der Waals surface area contributed by atoms with Crippen molar-refractivity contribution in [3.05, 3.63) is 90.5 Å². The van der Waals surface area contributed by atoms with Gasteiger partial charge < -0.3 is 28.9 Å². The second-order valence-corrected chi connectivity index (χ2v) is 10.4. The summed E-state index contributed by atoms with van der Waals surface area (Å²) < 4.78 is 2.30. The first-order chi connectivity index (χ1) is 17.1. The van der Waals surface area contributed by atoms with E-state index in [1.165, 1.54) is 24.0 Å². The predicted octanol–water partition coefficient (Wildman–Crippen LogP) is 2.47. The van der Waals surface area contributed by atoms with Crippen molar-refractivity contribution in [1.29, 1.82) is 0 Å². The largest absolute Gasteiger partial charge is 1.00 e. The van der Waals surface area contributed by atoms with Gasteiger partial charge in [0.25, 0.3) is 0 Å². The summed E-state index contributed by atoms with van der Waals surface area (Å²) in [6.07, 6.45) is 14.4. The maximum atomic E-state index is 12.0. The average molecular weight is 484 g/mol. The molecule has 3 heterocycles. The molecule has 2 N–H and O–H groups in total. The molecule has 37 heavy (non-hydrogen) atoms. The third kappa shape index (κ3) is 4.03. The van der Waals surface area contributed by atoms with Crippen LogP contribution in [0.2, 0.25) is 0 Å². The number of carbonyl (C=O) groups excluding carboxylic acids is 1. The Hall–Kier alpha value is -2.91. The van der Waals surface area contributed by atoms with E-state index in [-0.39, 0.29) is 37.9 Å². The molecule has 2 aliphatic carbocycles. The number of nitrogens with two attached hydrogens (primary N) is 1. The number of fused-ring (bicyclic) bond motifs is 3. The van der Waals surface area contributed by atoms with Gasteiger partial charge >= 0.3 is 18.9 Å². The Balaban J connectivity index is 0.00000140. The minimum absolute atomic E-state index is 0. The van der Waals surface area contributed by atoms with Gasteiger partial charge in [-0.2, -0.15) is 6.07 Å². The number of nitrogens with zero attached hydrogens (tertiary/aromatic N) is 4. The number of rotatable bonds is 5. The van der Waals surface area contributed by atoms with Gasteiger partial charge in [-0.25, -0.2) is 9.97 Å². The van der Waals surface area contributed by atoms with Crippen LogP contribution >= 0.6 is 0 Å². The number of hydrogen-bond donors (Lipinski definition) is 1. The molecule has 184 valence electrons. The summed E-state index contributed by atoms with van der Waals surface area (Å²) in [5.41, 5.74) is 14.5. The second-order valence-electron chi connectivity index (χ2n) is 10.4. The van der Waals surface area contributed by atoms with Crippen LogP contribution in [0, 0.1) is 20.8 Å². The summed E-state index contributed by atoms with van der Waals surface area (Å²) in [6, 6.07) is 10.4. The summed E-state index contributed by atoms with van der Waals surface area (Å²) in [5.74, 6) is 2.24. The molecular weight excluding hydrogens is 453 g/mol. The van der Waals surface area contributed by atoms with E-state index in [9.17, 15) is 4.79 Å². The molecule has 1 atom stereocenters. The zero-order chi connectivity index (χ0) is 23.7. The van der Waals surface area contributed by atoms with E-state index in [1.807, 2.05) is 18.5 Å². The Kier molecular flexibility index (Phi) is 6.56. The molecule has 0 spiro atoms. The van der Waals surface area contributed by atoms with Crippen LogP contribution in [0.1, 0.15) is 84.4 Å². The Bertz CT molecular complexity index is 1480. The van der Waals surface area contributed by atoms with Crippen LogP contribution in [0.5, 0.6) is 0 Å². The van der Waals surface area contributed by atoms with Crippen LogP contribution in [0.15, 0.2) is 42.7 Å². The quantitative estimate of drug-likeness (QED) is 0.348. The number of aryl methyl sites for hydroxylation is 1. The van der Waals surface area contributed by atoms with Crippen LogP contribution in [0.4, 0.5) is 0 Å². The van der Waals surface area contributed by atoms with Crippen molar-refractivity contribution in [3.63, 3.8) is 0 Å². The van der Waals surface area contributed by atoms with Crippen LogP contribution in [0.3, 0.4) is 0 Å². The molecule has 0 radical (unpaired) electrons. The maximum absolute atomic E-state index is 12.0. The molecule has 7 heteroatoms. The molecular formula is C30H30LiN5O-2. The van der Waals surface area contributed by atoms with E-state index >= 15 is 0 Å². The van der Waals surface area contributed by atoms with E-state index in [1.54, 1.807) is 0 Å². The van der Waals surface area contributed by atoms with E-state index in [0.717, 1.165) is 65.1 Å². The minimum atomic E-state index is -0.363. The molecule has 2 fully saturated rings. The van der Waals surface area contributed by atoms with Crippen molar-refractivity contribution in [2.24, 2.45) is 5.73 Å². The van der Waals surface area contributed by atoms with Crippen molar-refractivity contribution in [3.8, 4) is 11.1 Å². The van der Waals surface area contributed by atoms with Crippen molar-refractivity contribution >= 4 is 17.3 Å². The Morgan fingerprint density at radius 2 is 1.84 bits per heavy atom. The molecule has 3 aliphatic rings. The van der Waals surface area contributed by atoms with Crippen LogP contribution in [0.25, 0.3) is 22.2 Å². The van der Waals surface area contributed by atoms with E-state index < -0.39 is 0 Å². The molecule has 6 nitrogen and oxygen atoms in total. The Morgan fingerprint density at radius 3 is 2.49 bits per heavy atom. The SMILES string of the molecule is Cc1ccc([C-]=O)c([C@H]2C[CH-]c3nc4ccc(-c5cnc(C6(N)CCC6)nc5)cc4n32)c1C1CC1.[CH3-].[Li+]. The summed E-state index contributed by atoms with van der Waals surface area (Å²) in [6.45, 7) is 2.16. The fraction of sp³-hybridized carbons (Fsp3) is 0.333. The van der Waals surface area contributed by atoms with Gasteiger partial charge in [0.05, 0.1) is 22.9 Å². The standard InChI is InChI=1S/C29H27N5O.CH3.Li/c1-17-3-4-20(16-35)27(26(17)18-5-6-18)23-9-10-25-33-22-8-7-19(13-24(22)34(23)25)21-14-31-28(32-15-21)29(30)11-2-12-29;;/h3-4,7-8,10,13-15,18,23H,2,5-6,9,11-12,30H2,1H3;1H3;/q-2;-1;+1/t23-;;/m1../s1. The summed E-state index contributed by atoms with van der Waals surface area (Å²) >= 11 is 0. The molecule has 2 aromatic heterocycles. The monoisotopic (exact) mass is 483 g/mol. The predicted molar refractivity (Wildman–Crippen MR) is 141 cm³/mol. The second kappa shape index (κ2) is 9.44. The minimum Gasteiger partial charge on any atom is -0.376 e. The van der Waals surface area contributed by atoms with E-state index in [4.69, 9.17) is 10.7 Å². The number of benzene rings is 2. The Morgan fingerprint density at radius 1 is 1.08 bits per heavy atom. The zero-order valence-corrected chi connectivity index (χ0v) is 21.8. The molecule has 7 rings (SSSR count). The zero-order valence-electron chi connectivity index (χ0n) is 21.8. The molecule has 0 saturated heterocycles. The maximum Gasteiger partial charge on any atom is 1.00 e. The van der Waals surface area contributed by atoms with Crippen molar-refractivity contribution in [2.45, 2.75) is 62.9 Å². The Labute approximate surface area is 230 Å². The summed E-state index contributed by atoms with van der Waals surface area (Å²) in [5, 5.41) is 0. The molecule has 0 unspecified atom stereocenters. The van der Waals surface area contributed by atoms with Gasteiger partial charge in [0.1, 0.15) is 5.82 Å². The third-order valence-electron chi connectivity index (χ3n) is 8.16. The van der Waals surface area contributed by atoms with Gasteiger partial charge in [-0.05, 0) is 74.5 Å². The van der Waals surface area contributed by atoms with E-state index in [2.05, 4.69) is 58.4 Å². The van der Waals surface area contributed by atoms with Gasteiger partial charge in [-0.15, -0.1) is 23.6 Å². The fourth-order valence-electron chi connectivity index (χ4n) is 5.95. The summed E-state index contributed by atoms with van der Waals surface area (Å²) in [4.78, 5) is 26.1. The molecule has 4 aromatic rings. The molecule has 1 aliphatic heterocycles. The molecule has 0 bridgehead atoms. The molecule has 2 saturated carbocycles. The topological polar surface area (TPSA) is 86.7 Å². The molecule has 2 aromatic carbocycles. The first-order valence-corrected chi connectivity index (χ1v) is 12.5. The van der Waals surface area contributed by atoms with Gasteiger partial charge in [0.2, 0.25) is 0 Å². The molecule has 0 amide bonds. The number of aromatic nitrogens is 4. The van der Waals surface area contributed by atoms with Crippen molar-refractivity contribution in [2.75, 3.05) is 0 Å². The third-order valence-corrected chi connectivity index (χ3v) is 8.16. The number of hydrogen-bond acceptors (Lipinski definition) is 5. The normalized spacial score (nSPS) is 19.2. The smallest absolute Gasteiger partial charge is 0.376 e.